The van der Waals surface area contributed by atoms with Gasteiger partial charge in [-0.05, 0) is 23.6 Å². The van der Waals surface area contributed by atoms with Gasteiger partial charge in [-0.3, -0.25) is 14.5 Å². The Hall–Kier alpha value is -3.00. The van der Waals surface area contributed by atoms with E-state index in [-0.39, 0.29) is 18.4 Å². The maximum absolute atomic E-state index is 12.9. The number of hydrogen-bond acceptors (Lipinski definition) is 6. The predicted molar refractivity (Wildman–Crippen MR) is 104 cm³/mol. The minimum absolute atomic E-state index is 0.0271. The van der Waals surface area contributed by atoms with Gasteiger partial charge in [0.15, 0.2) is 0 Å². The molecule has 0 bridgehead atoms. The Bertz CT molecular complexity index is 851. The Balaban J connectivity index is 1.38. The van der Waals surface area contributed by atoms with Crippen LogP contribution in [-0.4, -0.2) is 70.3 Å². The average Bonchev–Trinajstić information content (AvgIpc) is 2.74. The largest absolute Gasteiger partial charge is 0.368 e. The van der Waals surface area contributed by atoms with Crippen LogP contribution >= 0.6 is 0 Å². The number of rotatable bonds is 4. The van der Waals surface area contributed by atoms with Gasteiger partial charge in [-0.15, -0.1) is 0 Å². The van der Waals surface area contributed by atoms with E-state index in [2.05, 4.69) is 14.9 Å². The lowest BCUT2D eigenvalue weighted by Crippen LogP contribution is -2.55. The molecule has 8 heteroatoms. The molecule has 2 amide bonds. The molecule has 1 aromatic heterocycles. The van der Waals surface area contributed by atoms with Crippen molar-refractivity contribution in [1.82, 2.24) is 19.8 Å². The number of nitrogens with two attached hydrogens (primary N) is 1. The smallest absolute Gasteiger partial charge is 0.236 e. The number of carbonyl (C=O) groups excluding carboxylic acids is 2. The van der Waals surface area contributed by atoms with Crippen molar-refractivity contribution < 1.29 is 9.59 Å². The van der Waals surface area contributed by atoms with Gasteiger partial charge in [-0.2, -0.15) is 0 Å². The van der Waals surface area contributed by atoms with Crippen molar-refractivity contribution in [3.63, 3.8) is 0 Å². The summed E-state index contributed by atoms with van der Waals surface area (Å²) >= 11 is 0. The standard InChI is InChI=1S/C20H24N6O2/c21-19(28)17-12-15-4-1-2-5-16(15)13-26(17)14-18(27)24-8-10-25(11-9-24)20-22-6-3-7-23-20/h1-7,17H,8-14H2,(H2,21,28). The van der Waals surface area contributed by atoms with Gasteiger partial charge in [-0.25, -0.2) is 9.97 Å². The second-order valence-electron chi connectivity index (χ2n) is 7.21. The highest BCUT2D eigenvalue weighted by molar-refractivity contribution is 5.83. The number of aromatic nitrogens is 2. The molecular formula is C20H24N6O2. The highest BCUT2D eigenvalue weighted by Gasteiger charge is 2.33. The van der Waals surface area contributed by atoms with E-state index in [9.17, 15) is 9.59 Å². The monoisotopic (exact) mass is 380 g/mol. The highest BCUT2D eigenvalue weighted by Crippen LogP contribution is 2.23. The number of piperazine rings is 1. The van der Waals surface area contributed by atoms with Gasteiger partial charge in [0.25, 0.3) is 0 Å². The van der Waals surface area contributed by atoms with Crippen LogP contribution in [-0.2, 0) is 22.6 Å². The highest BCUT2D eigenvalue weighted by atomic mass is 16.2. The van der Waals surface area contributed by atoms with E-state index in [1.54, 1.807) is 18.5 Å². The zero-order valence-corrected chi connectivity index (χ0v) is 15.7. The lowest BCUT2D eigenvalue weighted by Gasteiger charge is -2.38. The average molecular weight is 380 g/mol. The van der Waals surface area contributed by atoms with Crippen molar-refractivity contribution in [1.29, 1.82) is 0 Å². The first-order valence-corrected chi connectivity index (χ1v) is 9.51. The molecule has 3 heterocycles. The fraction of sp³-hybridized carbons (Fsp3) is 0.400. The summed E-state index contributed by atoms with van der Waals surface area (Å²) in [6.07, 6.45) is 3.99. The van der Waals surface area contributed by atoms with E-state index >= 15 is 0 Å². The molecule has 1 fully saturated rings. The molecule has 0 aliphatic carbocycles. The lowest BCUT2D eigenvalue weighted by atomic mass is 9.93. The number of nitrogens with zero attached hydrogens (tertiary/aromatic N) is 5. The molecule has 2 aromatic rings. The van der Waals surface area contributed by atoms with Crippen LogP contribution in [0.3, 0.4) is 0 Å². The van der Waals surface area contributed by atoms with Crippen molar-refractivity contribution in [2.75, 3.05) is 37.6 Å². The van der Waals surface area contributed by atoms with Crippen LogP contribution in [0.25, 0.3) is 0 Å². The predicted octanol–water partition coefficient (Wildman–Crippen LogP) is 0.0374. The normalized spacial score (nSPS) is 19.9. The summed E-state index contributed by atoms with van der Waals surface area (Å²) in [5.41, 5.74) is 7.91. The summed E-state index contributed by atoms with van der Waals surface area (Å²) in [6, 6.07) is 9.35. The number of hydrogen-bond donors (Lipinski definition) is 1. The third-order valence-corrected chi connectivity index (χ3v) is 5.48. The fourth-order valence-electron chi connectivity index (χ4n) is 3.91. The quantitative estimate of drug-likeness (QED) is 0.805. The second kappa shape index (κ2) is 7.93. The van der Waals surface area contributed by atoms with Crippen LogP contribution in [0.5, 0.6) is 0 Å². The van der Waals surface area contributed by atoms with E-state index in [0.717, 1.165) is 11.1 Å². The topological polar surface area (TPSA) is 95.7 Å². The van der Waals surface area contributed by atoms with Crippen molar-refractivity contribution in [3.8, 4) is 0 Å². The fourth-order valence-corrected chi connectivity index (χ4v) is 3.91. The van der Waals surface area contributed by atoms with Crippen LogP contribution in [0, 0.1) is 0 Å². The molecule has 28 heavy (non-hydrogen) atoms. The molecule has 146 valence electrons. The van der Waals surface area contributed by atoms with Crippen LogP contribution in [0.2, 0.25) is 0 Å². The summed E-state index contributed by atoms with van der Waals surface area (Å²) < 4.78 is 0. The van der Waals surface area contributed by atoms with E-state index in [0.29, 0.717) is 45.1 Å². The Labute approximate surface area is 164 Å². The molecule has 1 aromatic carbocycles. The Morgan fingerprint density at radius 3 is 2.36 bits per heavy atom. The van der Waals surface area contributed by atoms with Crippen LogP contribution < -0.4 is 10.6 Å². The summed E-state index contributed by atoms with van der Waals surface area (Å²) in [5, 5.41) is 0. The number of fused-ring (bicyclic) bond motifs is 1. The van der Waals surface area contributed by atoms with Crippen molar-refractivity contribution in [2.45, 2.75) is 19.0 Å². The van der Waals surface area contributed by atoms with Crippen LogP contribution in [0.1, 0.15) is 11.1 Å². The SMILES string of the molecule is NC(=O)C1Cc2ccccc2CN1CC(=O)N1CCN(c2ncccn2)CC1. The Morgan fingerprint density at radius 1 is 1.00 bits per heavy atom. The van der Waals surface area contributed by atoms with E-state index in [1.165, 1.54) is 0 Å². The first kappa shape index (κ1) is 18.4. The van der Waals surface area contributed by atoms with Crippen molar-refractivity contribution in [3.05, 3.63) is 53.9 Å². The number of amides is 2. The first-order chi connectivity index (χ1) is 13.6. The minimum atomic E-state index is -0.446. The van der Waals surface area contributed by atoms with Gasteiger partial charge in [0.1, 0.15) is 0 Å². The third kappa shape index (κ3) is 3.82. The minimum Gasteiger partial charge on any atom is -0.368 e. The molecule has 2 N–H and O–H groups in total. The third-order valence-electron chi connectivity index (χ3n) is 5.48. The van der Waals surface area contributed by atoms with Crippen molar-refractivity contribution >= 4 is 17.8 Å². The van der Waals surface area contributed by atoms with E-state index in [4.69, 9.17) is 5.73 Å². The van der Waals surface area contributed by atoms with Gasteiger partial charge in [-0.1, -0.05) is 24.3 Å². The lowest BCUT2D eigenvalue weighted by molar-refractivity contribution is -0.135. The van der Waals surface area contributed by atoms with Gasteiger partial charge in [0.05, 0.1) is 12.6 Å². The molecule has 8 nitrogen and oxygen atoms in total. The van der Waals surface area contributed by atoms with E-state index in [1.807, 2.05) is 34.1 Å². The molecule has 2 aliphatic heterocycles. The summed E-state index contributed by atoms with van der Waals surface area (Å²) in [5.74, 6) is 0.337. The molecule has 2 aliphatic rings. The van der Waals surface area contributed by atoms with Crippen LogP contribution in [0.4, 0.5) is 5.95 Å². The number of anilines is 1. The molecular weight excluding hydrogens is 356 g/mol. The molecule has 0 spiro atoms. The summed E-state index contributed by atoms with van der Waals surface area (Å²) in [6.45, 7) is 3.37. The summed E-state index contributed by atoms with van der Waals surface area (Å²) in [4.78, 5) is 39.2. The van der Waals surface area contributed by atoms with Gasteiger partial charge in [0, 0.05) is 45.1 Å². The Kier molecular flexibility index (Phi) is 5.21. The maximum atomic E-state index is 12.9. The molecule has 4 rings (SSSR count). The summed E-state index contributed by atoms with van der Waals surface area (Å²) in [7, 11) is 0. The number of primary amides is 1. The number of carbonyl (C=O) groups is 2. The zero-order chi connectivity index (χ0) is 19.5. The molecule has 0 radical (unpaired) electrons. The first-order valence-electron chi connectivity index (χ1n) is 9.51. The number of benzene rings is 1. The zero-order valence-electron chi connectivity index (χ0n) is 15.7. The maximum Gasteiger partial charge on any atom is 0.236 e. The Morgan fingerprint density at radius 2 is 1.68 bits per heavy atom. The van der Waals surface area contributed by atoms with Gasteiger partial charge >= 0.3 is 0 Å². The van der Waals surface area contributed by atoms with Gasteiger partial charge in [0.2, 0.25) is 17.8 Å². The molecule has 1 saturated heterocycles. The van der Waals surface area contributed by atoms with Crippen molar-refractivity contribution in [2.24, 2.45) is 5.73 Å². The van der Waals surface area contributed by atoms with E-state index < -0.39 is 6.04 Å². The van der Waals surface area contributed by atoms with Crippen LogP contribution in [0.15, 0.2) is 42.7 Å². The van der Waals surface area contributed by atoms with Gasteiger partial charge < -0.3 is 15.5 Å². The second-order valence-corrected chi connectivity index (χ2v) is 7.21. The molecule has 1 unspecified atom stereocenters. The molecule has 0 saturated carbocycles. The molecule has 1 atom stereocenters.